The highest BCUT2D eigenvalue weighted by molar-refractivity contribution is 5.98. The fourth-order valence-corrected chi connectivity index (χ4v) is 0.829. The molecule has 0 radical (unpaired) electrons. The van der Waals surface area contributed by atoms with Crippen LogP contribution in [0.5, 0.6) is 0 Å². The van der Waals surface area contributed by atoms with Crippen molar-refractivity contribution in [2.24, 2.45) is 11.7 Å². The molecule has 0 fully saturated rings. The molecule has 0 aromatic rings. The number of ether oxygens (including phenoxy) is 1. The molecule has 0 saturated carbocycles. The Morgan fingerprint density at radius 3 is 2.31 bits per heavy atom. The molecule has 0 saturated heterocycles. The molecule has 4 nitrogen and oxygen atoms in total. The number of nitrogens with two attached hydrogens (primary N) is 1. The fourth-order valence-electron chi connectivity index (χ4n) is 0.829. The van der Waals surface area contributed by atoms with E-state index in [1.54, 1.807) is 20.8 Å². The van der Waals surface area contributed by atoms with Crippen LogP contribution in [0.25, 0.3) is 0 Å². The first-order chi connectivity index (χ1) is 5.99. The number of amides is 1. The van der Waals surface area contributed by atoms with Crippen molar-refractivity contribution >= 4 is 11.9 Å². The van der Waals surface area contributed by atoms with Crippen LogP contribution in [0.15, 0.2) is 11.6 Å². The third-order valence-electron chi connectivity index (χ3n) is 1.43. The molecule has 0 bridgehead atoms. The van der Waals surface area contributed by atoms with E-state index in [9.17, 15) is 9.59 Å². The highest BCUT2D eigenvalue weighted by Gasteiger charge is 2.14. The quantitative estimate of drug-likeness (QED) is 0.515. The smallest absolute Gasteiger partial charge is 0.334 e. The number of carbonyl (C=O) groups excluding carboxylic acids is 2. The van der Waals surface area contributed by atoms with E-state index in [0.29, 0.717) is 12.2 Å². The monoisotopic (exact) mass is 185 g/mol. The van der Waals surface area contributed by atoms with E-state index in [-0.39, 0.29) is 5.92 Å². The summed E-state index contributed by atoms with van der Waals surface area (Å²) in [7, 11) is 0. The molecular weight excluding hydrogens is 170 g/mol. The summed E-state index contributed by atoms with van der Waals surface area (Å²) in [6.07, 6.45) is 1.11. The number of esters is 1. The first kappa shape index (κ1) is 11.7. The van der Waals surface area contributed by atoms with Gasteiger partial charge >= 0.3 is 5.97 Å². The van der Waals surface area contributed by atoms with Crippen LogP contribution in [0, 0.1) is 5.92 Å². The Morgan fingerprint density at radius 2 is 2.00 bits per heavy atom. The lowest BCUT2D eigenvalue weighted by molar-refractivity contribution is -0.139. The standard InChI is InChI=1S/C9H15NO3/c1-4-13-9(12)7(6(2)3)5-8(10)11/h5-6H,4H2,1-3H3,(H2,10,11). The largest absolute Gasteiger partial charge is 0.463 e. The molecule has 0 heterocycles. The normalized spacial score (nSPS) is 11.5. The lowest BCUT2D eigenvalue weighted by Gasteiger charge is -2.08. The van der Waals surface area contributed by atoms with Crippen LogP contribution in [-0.2, 0) is 14.3 Å². The average Bonchev–Trinajstić information content (AvgIpc) is 1.99. The Labute approximate surface area is 77.7 Å². The number of hydrogen-bond acceptors (Lipinski definition) is 3. The van der Waals surface area contributed by atoms with Gasteiger partial charge in [-0.3, -0.25) is 4.79 Å². The first-order valence-electron chi connectivity index (χ1n) is 4.17. The van der Waals surface area contributed by atoms with Gasteiger partial charge in [0.15, 0.2) is 0 Å². The van der Waals surface area contributed by atoms with Gasteiger partial charge in [-0.05, 0) is 12.8 Å². The Morgan fingerprint density at radius 1 is 1.46 bits per heavy atom. The van der Waals surface area contributed by atoms with Gasteiger partial charge in [-0.1, -0.05) is 13.8 Å². The van der Waals surface area contributed by atoms with Crippen LogP contribution in [0.1, 0.15) is 20.8 Å². The molecule has 1 amide bonds. The molecule has 0 aliphatic carbocycles. The highest BCUT2D eigenvalue weighted by atomic mass is 16.5. The Kier molecular flexibility index (Phi) is 4.80. The van der Waals surface area contributed by atoms with E-state index < -0.39 is 11.9 Å². The van der Waals surface area contributed by atoms with Crippen molar-refractivity contribution in [3.05, 3.63) is 11.6 Å². The molecule has 0 atom stereocenters. The average molecular weight is 185 g/mol. The molecule has 0 unspecified atom stereocenters. The Hall–Kier alpha value is -1.32. The SMILES string of the molecule is CCOC(=O)C(=CC(N)=O)C(C)C. The third kappa shape index (κ3) is 4.30. The zero-order chi connectivity index (χ0) is 10.4. The number of hydrogen-bond donors (Lipinski definition) is 1. The summed E-state index contributed by atoms with van der Waals surface area (Å²) in [5.74, 6) is -1.17. The maximum atomic E-state index is 11.2. The summed E-state index contributed by atoms with van der Waals surface area (Å²) >= 11 is 0. The lowest BCUT2D eigenvalue weighted by Crippen LogP contribution is -2.16. The molecule has 4 heteroatoms. The van der Waals surface area contributed by atoms with Gasteiger partial charge in [-0.25, -0.2) is 4.79 Å². The minimum absolute atomic E-state index is 0.0634. The summed E-state index contributed by atoms with van der Waals surface area (Å²) in [6.45, 7) is 5.60. The van der Waals surface area contributed by atoms with Crippen molar-refractivity contribution in [2.75, 3.05) is 6.61 Å². The van der Waals surface area contributed by atoms with Gasteiger partial charge in [0, 0.05) is 11.6 Å². The van der Waals surface area contributed by atoms with Crippen LogP contribution < -0.4 is 5.73 Å². The third-order valence-corrected chi connectivity index (χ3v) is 1.43. The molecule has 0 aliphatic heterocycles. The summed E-state index contributed by atoms with van der Waals surface area (Å²) in [4.78, 5) is 21.8. The van der Waals surface area contributed by atoms with Crippen molar-refractivity contribution < 1.29 is 14.3 Å². The lowest BCUT2D eigenvalue weighted by atomic mass is 10.0. The molecule has 74 valence electrons. The Balaban J connectivity index is 4.61. The van der Waals surface area contributed by atoms with Crippen molar-refractivity contribution in [3.63, 3.8) is 0 Å². The predicted octanol–water partition coefficient (Wildman–Crippen LogP) is 0.617. The summed E-state index contributed by atoms with van der Waals surface area (Å²) in [5, 5.41) is 0. The van der Waals surface area contributed by atoms with E-state index in [1.165, 1.54) is 0 Å². The van der Waals surface area contributed by atoms with E-state index in [4.69, 9.17) is 10.5 Å². The van der Waals surface area contributed by atoms with Crippen molar-refractivity contribution in [2.45, 2.75) is 20.8 Å². The van der Waals surface area contributed by atoms with Gasteiger partial charge in [-0.2, -0.15) is 0 Å². The molecular formula is C9H15NO3. The molecule has 0 rings (SSSR count). The second-order valence-electron chi connectivity index (χ2n) is 2.88. The number of primary amides is 1. The van der Waals surface area contributed by atoms with Crippen LogP contribution >= 0.6 is 0 Å². The van der Waals surface area contributed by atoms with E-state index in [1.807, 2.05) is 0 Å². The summed E-state index contributed by atoms with van der Waals surface area (Å²) in [5.41, 5.74) is 5.26. The number of carbonyl (C=O) groups is 2. The second-order valence-corrected chi connectivity index (χ2v) is 2.88. The predicted molar refractivity (Wildman–Crippen MR) is 48.7 cm³/mol. The molecule has 13 heavy (non-hydrogen) atoms. The van der Waals surface area contributed by atoms with E-state index >= 15 is 0 Å². The van der Waals surface area contributed by atoms with Gasteiger partial charge in [0.1, 0.15) is 0 Å². The second kappa shape index (κ2) is 5.35. The van der Waals surface area contributed by atoms with Crippen LogP contribution in [0.3, 0.4) is 0 Å². The highest BCUT2D eigenvalue weighted by Crippen LogP contribution is 2.10. The van der Waals surface area contributed by atoms with E-state index in [0.717, 1.165) is 6.08 Å². The van der Waals surface area contributed by atoms with Crippen molar-refractivity contribution in [3.8, 4) is 0 Å². The minimum Gasteiger partial charge on any atom is -0.463 e. The zero-order valence-electron chi connectivity index (χ0n) is 8.16. The minimum atomic E-state index is -0.628. The van der Waals surface area contributed by atoms with Crippen molar-refractivity contribution in [1.29, 1.82) is 0 Å². The molecule has 0 aromatic heterocycles. The fraction of sp³-hybridized carbons (Fsp3) is 0.556. The number of rotatable bonds is 4. The van der Waals surface area contributed by atoms with Crippen molar-refractivity contribution in [1.82, 2.24) is 0 Å². The van der Waals surface area contributed by atoms with Gasteiger partial charge in [0.25, 0.3) is 0 Å². The van der Waals surface area contributed by atoms with Crippen LogP contribution in [0.2, 0.25) is 0 Å². The maximum Gasteiger partial charge on any atom is 0.334 e. The summed E-state index contributed by atoms with van der Waals surface area (Å²) < 4.78 is 4.75. The van der Waals surface area contributed by atoms with Gasteiger partial charge in [0.2, 0.25) is 5.91 Å². The van der Waals surface area contributed by atoms with Crippen LogP contribution in [0.4, 0.5) is 0 Å². The molecule has 2 N–H and O–H groups in total. The van der Waals surface area contributed by atoms with Gasteiger partial charge in [-0.15, -0.1) is 0 Å². The molecule has 0 aliphatic rings. The maximum absolute atomic E-state index is 11.2. The Bertz CT molecular complexity index is 231. The van der Waals surface area contributed by atoms with Gasteiger partial charge in [0.05, 0.1) is 6.61 Å². The topological polar surface area (TPSA) is 69.4 Å². The van der Waals surface area contributed by atoms with Gasteiger partial charge < -0.3 is 10.5 Å². The molecule has 0 aromatic carbocycles. The molecule has 0 spiro atoms. The first-order valence-corrected chi connectivity index (χ1v) is 4.17. The summed E-state index contributed by atoms with van der Waals surface area (Å²) in [6, 6.07) is 0. The van der Waals surface area contributed by atoms with Crippen LogP contribution in [-0.4, -0.2) is 18.5 Å². The van der Waals surface area contributed by atoms with E-state index in [2.05, 4.69) is 0 Å². The zero-order valence-corrected chi connectivity index (χ0v) is 8.16.